The number of hydrogen-bond acceptors (Lipinski definition) is 3. The highest BCUT2D eigenvalue weighted by atomic mass is 31.2. The Labute approximate surface area is 216 Å². The molecule has 0 amide bonds. The van der Waals surface area contributed by atoms with Crippen LogP contribution in [0.2, 0.25) is 18.1 Å². The standard InChI is InChI=1S/C30H37O4PSi/c1-30(2,3)36(4,5)34-28(29(32)33)22-21-24(31)23-35(25-15-9-6-10-16-25,26-17-11-7-12-18-26)27-19-13-8-14-20-27/h6-20,23,28H,21-22H2,1-5H3,(H,32,33). The summed E-state index contributed by atoms with van der Waals surface area (Å²) in [5, 5.41) is 13.0. The van der Waals surface area contributed by atoms with Crippen LogP contribution < -0.4 is 15.9 Å². The van der Waals surface area contributed by atoms with E-state index in [0.29, 0.717) is 0 Å². The number of carboxylic acids is 1. The van der Waals surface area contributed by atoms with Gasteiger partial charge in [0.15, 0.2) is 14.1 Å². The first-order chi connectivity index (χ1) is 17.0. The van der Waals surface area contributed by atoms with Gasteiger partial charge in [-0.05, 0) is 53.1 Å². The third-order valence-electron chi connectivity index (χ3n) is 7.00. The van der Waals surface area contributed by atoms with Crippen LogP contribution in [0.3, 0.4) is 0 Å². The van der Waals surface area contributed by atoms with E-state index in [1.807, 2.05) is 73.5 Å². The predicted molar refractivity (Wildman–Crippen MR) is 155 cm³/mol. The minimum absolute atomic E-state index is 0.0648. The SMILES string of the molecule is CC(C)(C)[Si](C)(C)OC(CCC(=O)C=P(c1ccccc1)(c1ccccc1)c1ccccc1)C(=O)O. The van der Waals surface area contributed by atoms with E-state index >= 15 is 0 Å². The van der Waals surface area contributed by atoms with Gasteiger partial charge in [-0.3, -0.25) is 4.79 Å². The molecule has 0 saturated heterocycles. The van der Waals surface area contributed by atoms with Crippen molar-refractivity contribution in [3.8, 4) is 0 Å². The maximum absolute atomic E-state index is 13.6. The Morgan fingerprint density at radius 2 is 1.22 bits per heavy atom. The van der Waals surface area contributed by atoms with Gasteiger partial charge in [0.05, 0.1) is 0 Å². The van der Waals surface area contributed by atoms with Gasteiger partial charge in [0, 0.05) is 6.42 Å². The van der Waals surface area contributed by atoms with E-state index in [1.54, 1.807) is 0 Å². The van der Waals surface area contributed by atoms with Crippen molar-refractivity contribution < 1.29 is 19.1 Å². The molecule has 0 spiro atoms. The molecule has 3 aromatic rings. The number of hydrogen-bond donors (Lipinski definition) is 1. The highest BCUT2D eigenvalue weighted by Gasteiger charge is 2.40. The number of carbonyl (C=O) groups is 2. The second-order valence-corrected chi connectivity index (χ2v) is 18.6. The molecule has 1 unspecified atom stereocenters. The maximum Gasteiger partial charge on any atom is 0.331 e. The molecule has 0 aliphatic heterocycles. The van der Waals surface area contributed by atoms with Gasteiger partial charge in [-0.25, -0.2) is 4.79 Å². The lowest BCUT2D eigenvalue weighted by Crippen LogP contribution is -2.46. The number of ketones is 1. The molecule has 1 atom stereocenters. The van der Waals surface area contributed by atoms with Gasteiger partial charge >= 0.3 is 5.97 Å². The van der Waals surface area contributed by atoms with Crippen LogP contribution in [0, 0.1) is 0 Å². The van der Waals surface area contributed by atoms with E-state index in [9.17, 15) is 14.7 Å². The van der Waals surface area contributed by atoms with Crippen LogP contribution in [0.15, 0.2) is 91.0 Å². The fourth-order valence-electron chi connectivity index (χ4n) is 3.98. The number of Topliss-reactive ketones (excluding diaryl/α,β-unsaturated/α-hetero) is 1. The van der Waals surface area contributed by atoms with Gasteiger partial charge < -0.3 is 9.53 Å². The van der Waals surface area contributed by atoms with Crippen molar-refractivity contribution in [1.82, 2.24) is 0 Å². The molecule has 6 heteroatoms. The van der Waals surface area contributed by atoms with Crippen LogP contribution in [0.5, 0.6) is 0 Å². The van der Waals surface area contributed by atoms with Gasteiger partial charge in [-0.15, -0.1) is 0 Å². The highest BCUT2D eigenvalue weighted by Crippen LogP contribution is 2.44. The third kappa shape index (κ3) is 6.33. The largest absolute Gasteiger partial charge is 0.479 e. The van der Waals surface area contributed by atoms with Crippen molar-refractivity contribution in [3.05, 3.63) is 91.0 Å². The topological polar surface area (TPSA) is 63.6 Å². The van der Waals surface area contributed by atoms with Gasteiger partial charge in [-0.1, -0.05) is 112 Å². The van der Waals surface area contributed by atoms with Gasteiger partial charge in [-0.2, -0.15) is 0 Å². The lowest BCUT2D eigenvalue weighted by molar-refractivity contribution is -0.146. The van der Waals surface area contributed by atoms with E-state index in [2.05, 4.69) is 57.2 Å². The number of benzene rings is 3. The predicted octanol–water partition coefficient (Wildman–Crippen LogP) is 5.61. The van der Waals surface area contributed by atoms with Crippen molar-refractivity contribution >= 4 is 48.7 Å². The molecule has 190 valence electrons. The maximum atomic E-state index is 13.6. The molecule has 0 radical (unpaired) electrons. The molecule has 0 aliphatic rings. The van der Waals surface area contributed by atoms with Crippen LogP contribution >= 0.6 is 6.89 Å². The molecular weight excluding hydrogens is 483 g/mol. The summed E-state index contributed by atoms with van der Waals surface area (Å²) in [5.41, 5.74) is 0. The summed E-state index contributed by atoms with van der Waals surface area (Å²) in [6.45, 7) is 7.89. The van der Waals surface area contributed by atoms with Crippen LogP contribution in [0.25, 0.3) is 0 Å². The first-order valence-electron chi connectivity index (χ1n) is 12.3. The zero-order valence-electron chi connectivity index (χ0n) is 21.8. The molecule has 36 heavy (non-hydrogen) atoms. The quantitative estimate of drug-likeness (QED) is 0.279. The van der Waals surface area contributed by atoms with Crippen molar-refractivity contribution in [2.75, 3.05) is 0 Å². The molecule has 0 fully saturated rings. The summed E-state index contributed by atoms with van der Waals surface area (Å²) in [7, 11) is -2.30. The number of carbonyl (C=O) groups excluding carboxylic acids is 1. The fourth-order valence-corrected chi connectivity index (χ4v) is 9.09. The average Bonchev–Trinajstić information content (AvgIpc) is 2.86. The van der Waals surface area contributed by atoms with Gasteiger partial charge in [0.2, 0.25) is 0 Å². The highest BCUT2D eigenvalue weighted by molar-refractivity contribution is 7.95. The minimum Gasteiger partial charge on any atom is -0.479 e. The molecule has 4 nitrogen and oxygen atoms in total. The van der Waals surface area contributed by atoms with E-state index < -0.39 is 27.3 Å². The molecule has 0 bridgehead atoms. The van der Waals surface area contributed by atoms with Crippen LogP contribution in [-0.2, 0) is 14.0 Å². The Morgan fingerprint density at radius 1 is 0.833 bits per heavy atom. The summed E-state index contributed by atoms with van der Waals surface area (Å²) >= 11 is 0. The first kappa shape index (κ1) is 27.9. The van der Waals surface area contributed by atoms with E-state index in [0.717, 1.165) is 15.9 Å². The third-order valence-corrected chi connectivity index (χ3v) is 15.5. The summed E-state index contributed by atoms with van der Waals surface area (Å²) in [6.07, 6.45) is -0.740. The number of rotatable bonds is 10. The molecule has 0 aromatic heterocycles. The summed E-state index contributed by atoms with van der Waals surface area (Å²) in [5.74, 6) is 0.797. The van der Waals surface area contributed by atoms with Gasteiger partial charge in [0.1, 0.15) is 6.10 Å². The van der Waals surface area contributed by atoms with Crippen LogP contribution in [0.1, 0.15) is 33.6 Å². The summed E-state index contributed by atoms with van der Waals surface area (Å²) in [4.78, 5) is 25.7. The normalized spacial score (nSPS) is 13.1. The van der Waals surface area contributed by atoms with Crippen molar-refractivity contribution in [1.29, 1.82) is 0 Å². The van der Waals surface area contributed by atoms with Crippen molar-refractivity contribution in [2.24, 2.45) is 0 Å². The van der Waals surface area contributed by atoms with E-state index in [4.69, 9.17) is 4.43 Å². The van der Waals surface area contributed by atoms with Crippen LogP contribution in [-0.4, -0.2) is 37.1 Å². The lowest BCUT2D eigenvalue weighted by Gasteiger charge is -2.38. The minimum atomic E-state index is -2.41. The smallest absolute Gasteiger partial charge is 0.331 e. The molecular formula is C30H37O4PSi. The second kappa shape index (κ2) is 11.6. The molecule has 3 aromatic carbocycles. The van der Waals surface area contributed by atoms with Crippen LogP contribution in [0.4, 0.5) is 0 Å². The Bertz CT molecular complexity index is 1110. The number of carboxylic acid groups (broad SMARTS) is 1. The number of aliphatic carboxylic acids is 1. The average molecular weight is 521 g/mol. The molecule has 0 heterocycles. The molecule has 3 rings (SSSR count). The molecule has 0 saturated carbocycles. The van der Waals surface area contributed by atoms with Crippen molar-refractivity contribution in [2.45, 2.75) is 57.8 Å². The zero-order valence-corrected chi connectivity index (χ0v) is 23.7. The van der Waals surface area contributed by atoms with Gasteiger partial charge in [0.25, 0.3) is 0 Å². The Kier molecular flexibility index (Phi) is 8.94. The molecule has 0 aliphatic carbocycles. The van der Waals surface area contributed by atoms with E-state index in [1.165, 1.54) is 0 Å². The van der Waals surface area contributed by atoms with Crippen molar-refractivity contribution in [3.63, 3.8) is 0 Å². The monoisotopic (exact) mass is 520 g/mol. The summed E-state index contributed by atoms with van der Waals surface area (Å²) in [6, 6.07) is 30.4. The summed E-state index contributed by atoms with van der Waals surface area (Å²) < 4.78 is 6.18. The lowest BCUT2D eigenvalue weighted by atomic mass is 10.1. The molecule has 1 N–H and O–H groups in total. The fraction of sp³-hybridized carbons (Fsp3) is 0.300. The first-order valence-corrected chi connectivity index (χ1v) is 17.1. The van der Waals surface area contributed by atoms with E-state index in [-0.39, 0.29) is 23.7 Å². The second-order valence-electron chi connectivity index (χ2n) is 10.6. The Hall–Kier alpha value is -2.72. The Morgan fingerprint density at radius 3 is 1.56 bits per heavy atom. The Balaban J connectivity index is 2.05. The zero-order chi connectivity index (χ0) is 26.4.